The Hall–Kier alpha value is -1.49. The van der Waals surface area contributed by atoms with Crippen LogP contribution in [-0.2, 0) is 0 Å². The minimum absolute atomic E-state index is 0.0831. The van der Waals surface area contributed by atoms with Crippen LogP contribution >= 0.6 is 11.8 Å². The molecule has 4 nitrogen and oxygen atoms in total. The first kappa shape index (κ1) is 11.6. The number of aromatic amines is 1. The van der Waals surface area contributed by atoms with E-state index >= 15 is 0 Å². The van der Waals surface area contributed by atoms with Crippen LogP contribution in [0.1, 0.15) is 36.6 Å². The summed E-state index contributed by atoms with van der Waals surface area (Å²) in [5, 5.41) is 7.78. The normalized spacial score (nSPS) is 16.7. The Bertz CT molecular complexity index is 586. The largest absolute Gasteiger partial charge is 0.344 e. The average Bonchev–Trinajstić information content (AvgIpc) is 3.16. The number of aromatic nitrogens is 3. The van der Waals surface area contributed by atoms with Crippen LogP contribution in [0, 0.1) is 0 Å². The van der Waals surface area contributed by atoms with Gasteiger partial charge in [0.15, 0.2) is 5.16 Å². The van der Waals surface area contributed by atoms with Crippen molar-refractivity contribution < 1.29 is 0 Å². The SMILES string of the molecule is C[C@H](Sc1n[nH]c(=O)n1C1CC1)c1ccccc1. The predicted molar refractivity (Wildman–Crippen MR) is 71.8 cm³/mol. The first-order chi connectivity index (χ1) is 8.75. The summed E-state index contributed by atoms with van der Waals surface area (Å²) in [5.74, 6) is 0. The standard InChI is InChI=1S/C13H15N3OS/c1-9(10-5-3-2-4-6-10)18-13-15-14-12(17)16(13)11-7-8-11/h2-6,9,11H,7-8H2,1H3,(H,14,17)/t9-/m0/s1. The van der Waals surface area contributed by atoms with E-state index in [1.165, 1.54) is 5.56 Å². The molecule has 0 radical (unpaired) electrons. The minimum atomic E-state index is -0.0831. The summed E-state index contributed by atoms with van der Waals surface area (Å²) in [6.07, 6.45) is 2.18. The van der Waals surface area contributed by atoms with Crippen molar-refractivity contribution in [3.8, 4) is 0 Å². The number of nitrogens with one attached hydrogen (secondary N) is 1. The zero-order valence-electron chi connectivity index (χ0n) is 10.2. The first-order valence-electron chi connectivity index (χ1n) is 6.14. The fraction of sp³-hybridized carbons (Fsp3) is 0.385. The third-order valence-electron chi connectivity index (χ3n) is 3.14. The lowest BCUT2D eigenvalue weighted by molar-refractivity contribution is 0.641. The van der Waals surface area contributed by atoms with Crippen molar-refractivity contribution >= 4 is 11.8 Å². The second kappa shape index (κ2) is 4.65. The van der Waals surface area contributed by atoms with Gasteiger partial charge in [0.2, 0.25) is 0 Å². The molecular formula is C13H15N3OS. The van der Waals surface area contributed by atoms with Gasteiger partial charge in [0.25, 0.3) is 0 Å². The van der Waals surface area contributed by atoms with E-state index in [2.05, 4.69) is 29.3 Å². The Morgan fingerprint density at radius 3 is 2.78 bits per heavy atom. The van der Waals surface area contributed by atoms with Crippen LogP contribution in [-0.4, -0.2) is 14.8 Å². The van der Waals surface area contributed by atoms with Crippen LogP contribution in [0.2, 0.25) is 0 Å². The summed E-state index contributed by atoms with van der Waals surface area (Å²) in [4.78, 5) is 11.7. The van der Waals surface area contributed by atoms with Gasteiger partial charge in [-0.2, -0.15) is 0 Å². The molecular weight excluding hydrogens is 246 g/mol. The molecule has 0 bridgehead atoms. The van der Waals surface area contributed by atoms with Gasteiger partial charge < -0.3 is 0 Å². The van der Waals surface area contributed by atoms with E-state index in [1.54, 1.807) is 16.3 Å². The van der Waals surface area contributed by atoms with Gasteiger partial charge in [-0.15, -0.1) is 5.10 Å². The van der Waals surface area contributed by atoms with E-state index in [0.29, 0.717) is 11.3 Å². The van der Waals surface area contributed by atoms with Gasteiger partial charge in [-0.3, -0.25) is 4.57 Å². The molecule has 0 amide bonds. The van der Waals surface area contributed by atoms with Crippen LogP contribution in [0.15, 0.2) is 40.3 Å². The van der Waals surface area contributed by atoms with E-state index in [4.69, 9.17) is 0 Å². The van der Waals surface area contributed by atoms with Crippen molar-refractivity contribution in [1.82, 2.24) is 14.8 Å². The molecule has 0 aliphatic heterocycles. The molecule has 0 unspecified atom stereocenters. The van der Waals surface area contributed by atoms with E-state index in [-0.39, 0.29) is 5.69 Å². The molecule has 1 aromatic heterocycles. The van der Waals surface area contributed by atoms with Gasteiger partial charge in [-0.25, -0.2) is 9.89 Å². The summed E-state index contributed by atoms with van der Waals surface area (Å²) in [5.41, 5.74) is 1.17. The van der Waals surface area contributed by atoms with Crippen LogP contribution < -0.4 is 5.69 Å². The highest BCUT2D eigenvalue weighted by Gasteiger charge is 2.29. The lowest BCUT2D eigenvalue weighted by Crippen LogP contribution is -2.16. The maximum absolute atomic E-state index is 11.7. The molecule has 5 heteroatoms. The van der Waals surface area contributed by atoms with E-state index in [9.17, 15) is 4.79 Å². The van der Waals surface area contributed by atoms with Gasteiger partial charge in [-0.1, -0.05) is 42.1 Å². The van der Waals surface area contributed by atoms with E-state index in [1.807, 2.05) is 18.2 Å². The first-order valence-corrected chi connectivity index (χ1v) is 7.02. The molecule has 2 aromatic rings. The summed E-state index contributed by atoms with van der Waals surface area (Å²) in [6.45, 7) is 2.14. The molecule has 94 valence electrons. The minimum Gasteiger partial charge on any atom is -0.267 e. The molecule has 1 aliphatic carbocycles. The number of benzene rings is 1. The highest BCUT2D eigenvalue weighted by atomic mass is 32.2. The van der Waals surface area contributed by atoms with E-state index in [0.717, 1.165) is 18.0 Å². The van der Waals surface area contributed by atoms with Crippen molar-refractivity contribution in [1.29, 1.82) is 0 Å². The van der Waals surface area contributed by atoms with Crippen molar-refractivity contribution in [3.63, 3.8) is 0 Å². The van der Waals surface area contributed by atoms with E-state index < -0.39 is 0 Å². The lowest BCUT2D eigenvalue weighted by Gasteiger charge is -2.11. The molecule has 1 N–H and O–H groups in total. The molecule has 1 aliphatic rings. The Labute approximate surface area is 109 Å². The number of thioether (sulfide) groups is 1. The van der Waals surface area contributed by atoms with Gasteiger partial charge in [0.05, 0.1) is 0 Å². The maximum Gasteiger partial charge on any atom is 0.344 e. The van der Waals surface area contributed by atoms with Crippen LogP contribution in [0.4, 0.5) is 0 Å². The van der Waals surface area contributed by atoms with Crippen LogP contribution in [0.3, 0.4) is 0 Å². The summed E-state index contributed by atoms with van der Waals surface area (Å²) in [7, 11) is 0. The Morgan fingerprint density at radius 1 is 1.39 bits per heavy atom. The molecule has 1 aromatic carbocycles. The average molecular weight is 261 g/mol. The van der Waals surface area contributed by atoms with Gasteiger partial charge in [0, 0.05) is 11.3 Å². The molecule has 1 heterocycles. The molecule has 18 heavy (non-hydrogen) atoms. The molecule has 1 atom stereocenters. The predicted octanol–water partition coefficient (Wildman–Crippen LogP) is 2.76. The van der Waals surface area contributed by atoms with Crippen LogP contribution in [0.25, 0.3) is 0 Å². The molecule has 1 fully saturated rings. The maximum atomic E-state index is 11.7. The fourth-order valence-corrected chi connectivity index (χ4v) is 3.03. The topological polar surface area (TPSA) is 50.7 Å². The van der Waals surface area contributed by atoms with Crippen molar-refractivity contribution in [2.75, 3.05) is 0 Å². The van der Waals surface area contributed by atoms with Crippen molar-refractivity contribution in [2.45, 2.75) is 36.2 Å². The monoisotopic (exact) mass is 261 g/mol. The highest BCUT2D eigenvalue weighted by Crippen LogP contribution is 2.39. The third kappa shape index (κ3) is 2.22. The van der Waals surface area contributed by atoms with Gasteiger partial charge in [0.1, 0.15) is 0 Å². The van der Waals surface area contributed by atoms with Gasteiger partial charge in [-0.05, 0) is 25.3 Å². The number of H-pyrrole nitrogens is 1. The Kier molecular flexibility index (Phi) is 2.99. The summed E-state index contributed by atoms with van der Waals surface area (Å²) >= 11 is 1.63. The number of hydrogen-bond acceptors (Lipinski definition) is 3. The second-order valence-electron chi connectivity index (χ2n) is 4.58. The number of hydrogen-bond donors (Lipinski definition) is 1. The van der Waals surface area contributed by atoms with Gasteiger partial charge >= 0.3 is 5.69 Å². The fourth-order valence-electron chi connectivity index (χ4n) is 1.98. The van der Waals surface area contributed by atoms with Crippen molar-refractivity contribution in [2.24, 2.45) is 0 Å². The quantitative estimate of drug-likeness (QED) is 0.861. The molecule has 3 rings (SSSR count). The second-order valence-corrected chi connectivity index (χ2v) is 5.89. The molecule has 1 saturated carbocycles. The Morgan fingerprint density at radius 2 is 2.11 bits per heavy atom. The van der Waals surface area contributed by atoms with Crippen molar-refractivity contribution in [3.05, 3.63) is 46.4 Å². The Balaban J connectivity index is 1.83. The number of nitrogens with zero attached hydrogens (tertiary/aromatic N) is 2. The van der Waals surface area contributed by atoms with Crippen LogP contribution in [0.5, 0.6) is 0 Å². The lowest BCUT2D eigenvalue weighted by atomic mass is 10.2. The smallest absolute Gasteiger partial charge is 0.267 e. The summed E-state index contributed by atoms with van der Waals surface area (Å²) < 4.78 is 1.80. The highest BCUT2D eigenvalue weighted by molar-refractivity contribution is 7.99. The number of rotatable bonds is 4. The zero-order chi connectivity index (χ0) is 12.5. The third-order valence-corrected chi connectivity index (χ3v) is 4.26. The summed E-state index contributed by atoms with van der Waals surface area (Å²) in [6, 6.07) is 10.6. The molecule has 0 saturated heterocycles. The molecule has 0 spiro atoms. The zero-order valence-corrected chi connectivity index (χ0v) is 11.0.